The van der Waals surface area contributed by atoms with Crippen molar-refractivity contribution in [2.45, 2.75) is 20.3 Å². The first-order valence-corrected chi connectivity index (χ1v) is 8.87. The molecule has 6 heteroatoms. The molecule has 0 saturated heterocycles. The van der Waals surface area contributed by atoms with E-state index in [1.807, 2.05) is 32.0 Å². The van der Waals surface area contributed by atoms with Crippen LogP contribution in [0, 0.1) is 6.92 Å². The minimum atomic E-state index is -0.517. The molecule has 0 bridgehead atoms. The summed E-state index contributed by atoms with van der Waals surface area (Å²) in [5, 5.41) is 11.4. The lowest BCUT2D eigenvalue weighted by Gasteiger charge is -2.18. The Bertz CT molecular complexity index is 1020. The van der Waals surface area contributed by atoms with Gasteiger partial charge in [-0.15, -0.1) is 11.3 Å². The number of anilines is 1. The highest BCUT2D eigenvalue weighted by Gasteiger charge is 2.27. The number of carbonyl (C=O) groups excluding carboxylic acids is 1. The number of amides is 1. The van der Waals surface area contributed by atoms with Crippen LogP contribution in [0.25, 0.3) is 10.2 Å². The monoisotopic (exact) mass is 356 g/mol. The van der Waals surface area contributed by atoms with Crippen molar-refractivity contribution in [3.63, 3.8) is 0 Å². The Hall–Kier alpha value is -2.60. The number of aromatic hydroxyl groups is 1. The maximum Gasteiger partial charge on any atom is 0.268 e. The van der Waals surface area contributed by atoms with Crippen LogP contribution in [0.15, 0.2) is 35.1 Å². The zero-order chi connectivity index (χ0) is 18.3. The first-order valence-electron chi connectivity index (χ1n) is 8.05. The average Bonchev–Trinajstić information content (AvgIpc) is 2.96. The number of fused-ring (bicyclic) bond motifs is 1. The van der Waals surface area contributed by atoms with Crippen LogP contribution < -0.4 is 10.5 Å². The van der Waals surface area contributed by atoms with Gasteiger partial charge >= 0.3 is 0 Å². The molecule has 25 heavy (non-hydrogen) atoms. The number of thiophene rings is 1. The fourth-order valence-electron chi connectivity index (χ4n) is 3.08. The lowest BCUT2D eigenvalue weighted by Crippen LogP contribution is -2.33. The van der Waals surface area contributed by atoms with Gasteiger partial charge in [0.15, 0.2) is 0 Å². The molecule has 0 saturated carbocycles. The second-order valence-electron chi connectivity index (χ2n) is 5.96. The molecule has 5 nitrogen and oxygen atoms in total. The van der Waals surface area contributed by atoms with Crippen LogP contribution in [0.1, 0.15) is 27.7 Å². The number of para-hydroxylation sites is 1. The minimum Gasteiger partial charge on any atom is -0.506 e. The molecule has 0 atom stereocenters. The van der Waals surface area contributed by atoms with E-state index in [0.717, 1.165) is 16.9 Å². The number of aryl methyl sites for hydroxylation is 3. The van der Waals surface area contributed by atoms with Crippen molar-refractivity contribution in [2.24, 2.45) is 7.05 Å². The Kier molecular flexibility index (Phi) is 4.39. The van der Waals surface area contributed by atoms with Gasteiger partial charge in [-0.1, -0.05) is 25.1 Å². The highest BCUT2D eigenvalue weighted by Crippen LogP contribution is 2.37. The van der Waals surface area contributed by atoms with Crippen LogP contribution in [0.4, 0.5) is 5.69 Å². The summed E-state index contributed by atoms with van der Waals surface area (Å²) in [5.41, 5.74) is 0.964. The second kappa shape index (κ2) is 6.37. The molecule has 1 aromatic carbocycles. The summed E-state index contributed by atoms with van der Waals surface area (Å²) in [5.74, 6) is -0.732. The van der Waals surface area contributed by atoms with Crippen LogP contribution in [-0.4, -0.2) is 22.6 Å². The molecule has 3 aromatic rings. The number of benzene rings is 1. The third kappa shape index (κ3) is 2.62. The Morgan fingerprint density at radius 2 is 1.92 bits per heavy atom. The van der Waals surface area contributed by atoms with Crippen molar-refractivity contribution in [1.29, 1.82) is 0 Å². The van der Waals surface area contributed by atoms with Gasteiger partial charge in [0.2, 0.25) is 0 Å². The molecule has 2 aromatic heterocycles. The molecule has 3 rings (SSSR count). The molecule has 0 aliphatic rings. The van der Waals surface area contributed by atoms with Crippen molar-refractivity contribution in [1.82, 2.24) is 4.57 Å². The third-order valence-corrected chi connectivity index (χ3v) is 5.73. The molecule has 1 N–H and O–H groups in total. The Labute approximate surface area is 149 Å². The van der Waals surface area contributed by atoms with Crippen LogP contribution in [0.5, 0.6) is 5.75 Å². The van der Waals surface area contributed by atoms with Gasteiger partial charge in [0.05, 0.1) is 5.39 Å². The van der Waals surface area contributed by atoms with E-state index >= 15 is 0 Å². The van der Waals surface area contributed by atoms with Crippen molar-refractivity contribution in [3.05, 3.63) is 56.7 Å². The molecule has 0 radical (unpaired) electrons. The van der Waals surface area contributed by atoms with E-state index in [1.165, 1.54) is 20.8 Å². The summed E-state index contributed by atoms with van der Waals surface area (Å²) in [6, 6.07) is 9.05. The van der Waals surface area contributed by atoms with Crippen LogP contribution in [0.3, 0.4) is 0 Å². The first-order chi connectivity index (χ1) is 11.9. The average molecular weight is 356 g/mol. The molecule has 0 fully saturated rings. The molecular weight excluding hydrogens is 336 g/mol. The molecule has 1 amide bonds. The normalized spacial score (nSPS) is 11.0. The second-order valence-corrected chi connectivity index (χ2v) is 7.16. The third-order valence-electron chi connectivity index (χ3n) is 4.50. The lowest BCUT2D eigenvalue weighted by atomic mass is 10.1. The van der Waals surface area contributed by atoms with E-state index in [-0.39, 0.29) is 11.3 Å². The highest BCUT2D eigenvalue weighted by molar-refractivity contribution is 7.18. The highest BCUT2D eigenvalue weighted by atomic mass is 32.1. The number of hydrogen-bond acceptors (Lipinski definition) is 4. The summed E-state index contributed by atoms with van der Waals surface area (Å²) in [7, 11) is 3.24. The Balaban J connectivity index is 2.26. The smallest absolute Gasteiger partial charge is 0.268 e. The summed E-state index contributed by atoms with van der Waals surface area (Å²) in [6.07, 6.45) is 0.722. The van der Waals surface area contributed by atoms with E-state index in [4.69, 9.17) is 0 Å². The first kappa shape index (κ1) is 17.2. The molecule has 0 aliphatic heterocycles. The standard InChI is InChI=1S/C19H20N2O3S/c1-5-13-11(2)25-19-14(13)16(22)15(18(24)21(19)4)17(23)20(3)12-9-7-6-8-10-12/h6-10,22H,5H2,1-4H3. The molecule has 0 unspecified atom stereocenters. The van der Waals surface area contributed by atoms with Crippen LogP contribution in [0.2, 0.25) is 0 Å². The maximum absolute atomic E-state index is 12.9. The molecule has 130 valence electrons. The largest absolute Gasteiger partial charge is 0.506 e. The predicted molar refractivity (Wildman–Crippen MR) is 102 cm³/mol. The zero-order valence-electron chi connectivity index (χ0n) is 14.7. The van der Waals surface area contributed by atoms with E-state index in [0.29, 0.717) is 15.9 Å². The minimum absolute atomic E-state index is 0.186. The molecular formula is C19H20N2O3S. The SMILES string of the molecule is CCc1c(C)sc2c1c(O)c(C(=O)N(C)c1ccccc1)c(=O)n2C. The van der Waals surface area contributed by atoms with E-state index in [1.54, 1.807) is 26.2 Å². The van der Waals surface area contributed by atoms with Gasteiger partial charge in [-0.25, -0.2) is 0 Å². The number of carbonyl (C=O) groups is 1. The van der Waals surface area contributed by atoms with Crippen LogP contribution >= 0.6 is 11.3 Å². The number of nitrogens with zero attached hydrogens (tertiary/aromatic N) is 2. The molecule has 0 aliphatic carbocycles. The van der Waals surface area contributed by atoms with Gasteiger partial charge in [-0.2, -0.15) is 0 Å². The molecule has 2 heterocycles. The fraction of sp³-hybridized carbons (Fsp3) is 0.263. The summed E-state index contributed by atoms with van der Waals surface area (Å²) < 4.78 is 1.46. The van der Waals surface area contributed by atoms with E-state index < -0.39 is 11.5 Å². The van der Waals surface area contributed by atoms with Crippen molar-refractivity contribution in [3.8, 4) is 5.75 Å². The Morgan fingerprint density at radius 3 is 2.52 bits per heavy atom. The maximum atomic E-state index is 12.9. The zero-order valence-corrected chi connectivity index (χ0v) is 15.5. The summed E-state index contributed by atoms with van der Waals surface area (Å²) >= 11 is 1.46. The van der Waals surface area contributed by atoms with Gasteiger partial charge in [0.1, 0.15) is 16.1 Å². The van der Waals surface area contributed by atoms with Gasteiger partial charge < -0.3 is 14.6 Å². The van der Waals surface area contributed by atoms with Gasteiger partial charge in [0, 0.05) is 24.7 Å². The summed E-state index contributed by atoms with van der Waals surface area (Å²) in [4.78, 5) is 28.8. The van der Waals surface area contributed by atoms with E-state index in [9.17, 15) is 14.7 Å². The van der Waals surface area contributed by atoms with Crippen molar-refractivity contribution < 1.29 is 9.90 Å². The number of rotatable bonds is 3. The van der Waals surface area contributed by atoms with Gasteiger partial charge in [0.25, 0.3) is 11.5 Å². The van der Waals surface area contributed by atoms with Crippen LogP contribution in [-0.2, 0) is 13.5 Å². The topological polar surface area (TPSA) is 62.5 Å². The van der Waals surface area contributed by atoms with Gasteiger partial charge in [-0.05, 0) is 31.0 Å². The summed E-state index contributed by atoms with van der Waals surface area (Å²) in [6.45, 7) is 3.96. The van der Waals surface area contributed by atoms with Crippen molar-refractivity contribution in [2.75, 3.05) is 11.9 Å². The number of hydrogen-bond donors (Lipinski definition) is 1. The Morgan fingerprint density at radius 1 is 1.28 bits per heavy atom. The molecule has 0 spiro atoms. The lowest BCUT2D eigenvalue weighted by molar-refractivity contribution is 0.0988. The van der Waals surface area contributed by atoms with Crippen molar-refractivity contribution >= 4 is 33.1 Å². The predicted octanol–water partition coefficient (Wildman–Crippen LogP) is 3.45. The number of aromatic nitrogens is 1. The number of pyridine rings is 1. The van der Waals surface area contributed by atoms with Gasteiger partial charge in [-0.3, -0.25) is 9.59 Å². The van der Waals surface area contributed by atoms with E-state index in [2.05, 4.69) is 0 Å². The quantitative estimate of drug-likeness (QED) is 0.782. The fourth-order valence-corrected chi connectivity index (χ4v) is 4.29.